The van der Waals surface area contributed by atoms with Crippen LogP contribution in [-0.4, -0.2) is 28.7 Å². The molecule has 142 valence electrons. The number of para-hydroxylation sites is 1. The Morgan fingerprint density at radius 2 is 2.04 bits per heavy atom. The molecule has 0 aliphatic carbocycles. The van der Waals surface area contributed by atoms with Crippen LogP contribution in [0.15, 0.2) is 53.6 Å². The lowest BCUT2D eigenvalue weighted by atomic mass is 9.98. The van der Waals surface area contributed by atoms with E-state index in [0.717, 1.165) is 5.39 Å². The summed E-state index contributed by atoms with van der Waals surface area (Å²) in [6.45, 7) is 1.44. The number of nitrogens with zero attached hydrogens (tertiary/aromatic N) is 3. The van der Waals surface area contributed by atoms with Crippen molar-refractivity contribution in [2.45, 2.75) is 19.4 Å². The number of hydrogen-bond donors (Lipinski definition) is 0. The van der Waals surface area contributed by atoms with Gasteiger partial charge in [0.05, 0.1) is 18.9 Å². The minimum atomic E-state index is -0.411. The van der Waals surface area contributed by atoms with Gasteiger partial charge in [0, 0.05) is 29.9 Å². The SMILES string of the molecule is COc1cccc2cc([C@@H]3CC(c4cccc(F)c4)=NN3C(C)=O)c(Cl)nc12. The van der Waals surface area contributed by atoms with Crippen LogP contribution in [0.25, 0.3) is 10.9 Å². The summed E-state index contributed by atoms with van der Waals surface area (Å²) in [6.07, 6.45) is 0.417. The normalized spacial score (nSPS) is 16.4. The monoisotopic (exact) mass is 397 g/mol. The molecule has 1 aromatic heterocycles. The molecule has 5 nitrogen and oxygen atoms in total. The third kappa shape index (κ3) is 3.20. The van der Waals surface area contributed by atoms with Gasteiger partial charge in [-0.1, -0.05) is 35.9 Å². The second-order valence-corrected chi connectivity index (χ2v) is 6.90. The Morgan fingerprint density at radius 1 is 1.25 bits per heavy atom. The average molecular weight is 398 g/mol. The number of carbonyl (C=O) groups excluding carboxylic acids is 1. The van der Waals surface area contributed by atoms with Crippen LogP contribution < -0.4 is 4.74 Å². The number of ether oxygens (including phenoxy) is 1. The molecule has 0 saturated carbocycles. The Hall–Kier alpha value is -2.99. The van der Waals surface area contributed by atoms with Crippen LogP contribution in [0.2, 0.25) is 5.15 Å². The van der Waals surface area contributed by atoms with E-state index in [1.807, 2.05) is 24.3 Å². The van der Waals surface area contributed by atoms with Crippen molar-refractivity contribution in [2.75, 3.05) is 7.11 Å². The Bertz CT molecular complexity index is 1120. The van der Waals surface area contributed by atoms with Crippen molar-refractivity contribution in [3.8, 4) is 5.75 Å². The maximum Gasteiger partial charge on any atom is 0.240 e. The molecule has 0 N–H and O–H groups in total. The van der Waals surface area contributed by atoms with Gasteiger partial charge in [-0.3, -0.25) is 4.79 Å². The number of amides is 1. The van der Waals surface area contributed by atoms with Crippen LogP contribution in [0.3, 0.4) is 0 Å². The van der Waals surface area contributed by atoms with Gasteiger partial charge in [0.1, 0.15) is 22.2 Å². The van der Waals surface area contributed by atoms with Crippen molar-refractivity contribution in [3.63, 3.8) is 0 Å². The molecule has 3 aromatic rings. The van der Waals surface area contributed by atoms with E-state index in [1.54, 1.807) is 19.2 Å². The number of methoxy groups -OCH3 is 1. The second kappa shape index (κ2) is 7.20. The second-order valence-electron chi connectivity index (χ2n) is 6.54. The molecule has 7 heteroatoms. The topological polar surface area (TPSA) is 54.8 Å². The molecule has 2 heterocycles. The number of pyridine rings is 1. The maximum absolute atomic E-state index is 13.6. The minimum absolute atomic E-state index is 0.224. The number of halogens is 2. The van der Waals surface area contributed by atoms with Gasteiger partial charge >= 0.3 is 0 Å². The van der Waals surface area contributed by atoms with Crippen molar-refractivity contribution in [1.82, 2.24) is 9.99 Å². The highest BCUT2D eigenvalue weighted by Crippen LogP contribution is 2.38. The Morgan fingerprint density at radius 3 is 2.75 bits per heavy atom. The molecular formula is C21H17ClFN3O2. The van der Waals surface area contributed by atoms with E-state index in [9.17, 15) is 9.18 Å². The summed E-state index contributed by atoms with van der Waals surface area (Å²) in [7, 11) is 1.58. The molecule has 0 fully saturated rings. The predicted molar refractivity (Wildman–Crippen MR) is 106 cm³/mol. The lowest BCUT2D eigenvalue weighted by Gasteiger charge is -2.21. The Balaban J connectivity index is 1.78. The van der Waals surface area contributed by atoms with E-state index in [0.29, 0.717) is 34.5 Å². The first kappa shape index (κ1) is 18.4. The number of hydrazone groups is 1. The van der Waals surface area contributed by atoms with Gasteiger partial charge in [-0.15, -0.1) is 0 Å². The number of hydrogen-bond acceptors (Lipinski definition) is 4. The highest BCUT2D eigenvalue weighted by atomic mass is 35.5. The summed E-state index contributed by atoms with van der Waals surface area (Å²) < 4.78 is 19.0. The van der Waals surface area contributed by atoms with Gasteiger partial charge in [-0.25, -0.2) is 14.4 Å². The van der Waals surface area contributed by atoms with Crippen molar-refractivity contribution in [2.24, 2.45) is 5.10 Å². The summed E-state index contributed by atoms with van der Waals surface area (Å²) in [5.41, 5.74) is 2.60. The van der Waals surface area contributed by atoms with Gasteiger partial charge in [-0.05, 0) is 24.3 Å². The highest BCUT2D eigenvalue weighted by Gasteiger charge is 2.33. The van der Waals surface area contributed by atoms with Crippen LogP contribution >= 0.6 is 11.6 Å². The van der Waals surface area contributed by atoms with Crippen molar-refractivity contribution in [3.05, 3.63) is 70.6 Å². The third-order valence-electron chi connectivity index (χ3n) is 4.76. The molecule has 0 unspecified atom stereocenters. The van der Waals surface area contributed by atoms with Crippen LogP contribution in [0.4, 0.5) is 4.39 Å². The smallest absolute Gasteiger partial charge is 0.240 e. The van der Waals surface area contributed by atoms with Gasteiger partial charge < -0.3 is 4.74 Å². The zero-order valence-electron chi connectivity index (χ0n) is 15.3. The molecule has 1 amide bonds. The van der Waals surface area contributed by atoms with E-state index in [1.165, 1.54) is 24.1 Å². The number of fused-ring (bicyclic) bond motifs is 1. The first-order chi connectivity index (χ1) is 13.5. The summed E-state index contributed by atoms with van der Waals surface area (Å²) in [5.74, 6) is 0.0474. The third-order valence-corrected chi connectivity index (χ3v) is 5.06. The van der Waals surface area contributed by atoms with E-state index >= 15 is 0 Å². The zero-order valence-corrected chi connectivity index (χ0v) is 16.1. The Labute approximate surface area is 166 Å². The standard InChI is InChI=1S/C21H17ClFN3O2/c1-12(27)26-18(11-17(25-26)13-5-3-7-15(23)9-13)16-10-14-6-4-8-19(28-2)20(14)24-21(16)22/h3-10,18H,11H2,1-2H3/t18-/m0/s1. The van der Waals surface area contributed by atoms with Gasteiger partial charge in [0.25, 0.3) is 0 Å². The molecule has 0 saturated heterocycles. The van der Waals surface area contributed by atoms with E-state index in [2.05, 4.69) is 10.1 Å². The molecule has 0 bridgehead atoms. The molecule has 28 heavy (non-hydrogen) atoms. The van der Waals surface area contributed by atoms with Crippen LogP contribution in [0.1, 0.15) is 30.5 Å². The maximum atomic E-state index is 13.6. The number of aromatic nitrogens is 1. The van der Waals surface area contributed by atoms with E-state index in [-0.39, 0.29) is 16.9 Å². The lowest BCUT2D eigenvalue weighted by molar-refractivity contribution is -0.130. The molecule has 1 aliphatic heterocycles. The highest BCUT2D eigenvalue weighted by molar-refractivity contribution is 6.30. The van der Waals surface area contributed by atoms with E-state index < -0.39 is 6.04 Å². The molecule has 2 aromatic carbocycles. The van der Waals surface area contributed by atoms with Crippen LogP contribution in [0.5, 0.6) is 5.75 Å². The number of carbonyl (C=O) groups is 1. The van der Waals surface area contributed by atoms with Crippen LogP contribution in [0, 0.1) is 5.82 Å². The fourth-order valence-corrected chi connectivity index (χ4v) is 3.71. The fraction of sp³-hybridized carbons (Fsp3) is 0.190. The first-order valence-corrected chi connectivity index (χ1v) is 9.12. The summed E-state index contributed by atoms with van der Waals surface area (Å²) in [5, 5.41) is 6.95. The average Bonchev–Trinajstić information content (AvgIpc) is 3.12. The summed E-state index contributed by atoms with van der Waals surface area (Å²) in [6, 6.07) is 13.3. The van der Waals surface area contributed by atoms with Gasteiger partial charge in [0.2, 0.25) is 5.91 Å². The predicted octanol–water partition coefficient (Wildman–Crippen LogP) is 4.73. The van der Waals surface area contributed by atoms with Crippen molar-refractivity contribution in [1.29, 1.82) is 0 Å². The molecule has 4 rings (SSSR count). The molecule has 0 spiro atoms. The fourth-order valence-electron chi connectivity index (χ4n) is 3.45. The Kier molecular flexibility index (Phi) is 4.73. The summed E-state index contributed by atoms with van der Waals surface area (Å²) >= 11 is 6.49. The molecule has 0 radical (unpaired) electrons. The van der Waals surface area contributed by atoms with Gasteiger partial charge in [0.15, 0.2) is 0 Å². The van der Waals surface area contributed by atoms with Crippen LogP contribution in [-0.2, 0) is 4.79 Å². The van der Waals surface area contributed by atoms with Gasteiger partial charge in [-0.2, -0.15) is 5.10 Å². The minimum Gasteiger partial charge on any atom is -0.494 e. The molecular weight excluding hydrogens is 381 g/mol. The van der Waals surface area contributed by atoms with Crippen molar-refractivity contribution < 1.29 is 13.9 Å². The molecule has 1 aliphatic rings. The largest absolute Gasteiger partial charge is 0.494 e. The van der Waals surface area contributed by atoms with E-state index in [4.69, 9.17) is 16.3 Å². The zero-order chi connectivity index (χ0) is 19.8. The number of benzene rings is 2. The quantitative estimate of drug-likeness (QED) is 0.600. The lowest BCUT2D eigenvalue weighted by Crippen LogP contribution is -2.24. The summed E-state index contributed by atoms with van der Waals surface area (Å²) in [4.78, 5) is 16.7. The molecule has 1 atom stereocenters. The number of rotatable bonds is 3. The van der Waals surface area contributed by atoms with Crippen molar-refractivity contribution >= 4 is 34.1 Å². The first-order valence-electron chi connectivity index (χ1n) is 8.74.